The van der Waals surface area contributed by atoms with Crippen LogP contribution in [0, 0.1) is 47.4 Å². The van der Waals surface area contributed by atoms with E-state index < -0.39 is 0 Å². The van der Waals surface area contributed by atoms with Crippen LogP contribution >= 0.6 is 11.6 Å². The minimum atomic E-state index is 0.114. The van der Waals surface area contributed by atoms with Gasteiger partial charge in [0.25, 0.3) is 0 Å². The van der Waals surface area contributed by atoms with Gasteiger partial charge in [-0.1, -0.05) is 17.9 Å². The van der Waals surface area contributed by atoms with E-state index >= 15 is 0 Å². The average Bonchev–Trinajstić information content (AvgIpc) is 2.88. The van der Waals surface area contributed by atoms with Gasteiger partial charge < -0.3 is 4.74 Å². The van der Waals surface area contributed by atoms with Crippen molar-refractivity contribution in [3.05, 3.63) is 12.2 Å². The van der Waals surface area contributed by atoms with E-state index in [4.69, 9.17) is 16.3 Å². The number of alkyl halides is 1. The molecule has 1 aliphatic rings. The Morgan fingerprint density at radius 3 is 2.69 bits per heavy atom. The minimum Gasteiger partial charge on any atom is -0.384 e. The van der Waals surface area contributed by atoms with Crippen LogP contribution in [0.15, 0.2) is 12.2 Å². The van der Waals surface area contributed by atoms with Gasteiger partial charge in [0.1, 0.15) is 0 Å². The molecule has 0 N–H and O–H groups in total. The highest BCUT2D eigenvalue weighted by molar-refractivity contribution is 6.23. The SMILES string of the molecule is C/C=C/C#CC#CC#C[C@H]1[C@@H](Cl)[C@@H]1COC. The van der Waals surface area contributed by atoms with Gasteiger partial charge in [0, 0.05) is 18.9 Å². The predicted octanol–water partition coefficient (Wildman–Crippen LogP) is 2.07. The van der Waals surface area contributed by atoms with Crippen molar-refractivity contribution in [1.82, 2.24) is 0 Å². The summed E-state index contributed by atoms with van der Waals surface area (Å²) in [5, 5.41) is 0.114. The van der Waals surface area contributed by atoms with Gasteiger partial charge in [-0.2, -0.15) is 0 Å². The van der Waals surface area contributed by atoms with E-state index in [1.165, 1.54) is 0 Å². The highest BCUT2D eigenvalue weighted by Gasteiger charge is 2.47. The molecule has 0 aliphatic heterocycles. The number of methoxy groups -OCH3 is 1. The molecule has 82 valence electrons. The molecule has 2 heteroatoms. The van der Waals surface area contributed by atoms with E-state index in [0.29, 0.717) is 12.5 Å². The molecule has 1 nitrogen and oxygen atoms in total. The van der Waals surface area contributed by atoms with Crippen LogP contribution in [0.2, 0.25) is 0 Å². The van der Waals surface area contributed by atoms with Crippen molar-refractivity contribution in [2.75, 3.05) is 13.7 Å². The van der Waals surface area contributed by atoms with Crippen molar-refractivity contribution in [1.29, 1.82) is 0 Å². The Morgan fingerprint density at radius 2 is 2.00 bits per heavy atom. The molecule has 0 radical (unpaired) electrons. The van der Waals surface area contributed by atoms with Gasteiger partial charge in [0.05, 0.1) is 12.0 Å². The molecule has 1 fully saturated rings. The molecule has 16 heavy (non-hydrogen) atoms. The van der Waals surface area contributed by atoms with Crippen LogP contribution in [-0.2, 0) is 4.74 Å². The molecule has 0 aromatic heterocycles. The molecule has 0 aromatic carbocycles. The number of rotatable bonds is 2. The molecule has 0 unspecified atom stereocenters. The molecule has 1 saturated carbocycles. The summed E-state index contributed by atoms with van der Waals surface area (Å²) < 4.78 is 5.02. The summed E-state index contributed by atoms with van der Waals surface area (Å²) in [6, 6.07) is 0. The van der Waals surface area contributed by atoms with E-state index in [-0.39, 0.29) is 11.3 Å². The maximum Gasteiger partial charge on any atom is 0.0540 e. The lowest BCUT2D eigenvalue weighted by Gasteiger charge is -1.90. The highest BCUT2D eigenvalue weighted by Crippen LogP contribution is 2.43. The second kappa shape index (κ2) is 7.03. The average molecular weight is 233 g/mol. The zero-order valence-corrected chi connectivity index (χ0v) is 10.1. The number of halogens is 1. The van der Waals surface area contributed by atoms with E-state index in [1.807, 2.05) is 13.0 Å². The van der Waals surface area contributed by atoms with Gasteiger partial charge in [-0.3, -0.25) is 0 Å². The minimum absolute atomic E-state index is 0.114. The summed E-state index contributed by atoms with van der Waals surface area (Å²) in [5.74, 6) is 17.1. The summed E-state index contributed by atoms with van der Waals surface area (Å²) in [4.78, 5) is 0. The second-order valence-electron chi connectivity index (χ2n) is 3.38. The summed E-state index contributed by atoms with van der Waals surface area (Å²) in [5.41, 5.74) is 0. The monoisotopic (exact) mass is 232 g/mol. The zero-order valence-electron chi connectivity index (χ0n) is 9.38. The molecule has 0 saturated heterocycles. The summed E-state index contributed by atoms with van der Waals surface area (Å²) in [7, 11) is 1.67. The van der Waals surface area contributed by atoms with Crippen LogP contribution in [0.5, 0.6) is 0 Å². The molecule has 3 atom stereocenters. The zero-order chi connectivity index (χ0) is 11.8. The Hall–Kier alpha value is -1.33. The molecule has 1 rings (SSSR count). The van der Waals surface area contributed by atoms with Crippen molar-refractivity contribution in [2.24, 2.45) is 11.8 Å². The molecular formula is C14H13ClO. The Kier molecular flexibility index (Phi) is 5.60. The van der Waals surface area contributed by atoms with Crippen molar-refractivity contribution in [3.8, 4) is 35.5 Å². The third-order valence-corrected chi connectivity index (χ3v) is 2.78. The third kappa shape index (κ3) is 4.04. The Morgan fingerprint density at radius 1 is 1.25 bits per heavy atom. The largest absolute Gasteiger partial charge is 0.384 e. The van der Waals surface area contributed by atoms with Crippen LogP contribution in [0.25, 0.3) is 0 Å². The van der Waals surface area contributed by atoms with Gasteiger partial charge in [-0.25, -0.2) is 0 Å². The van der Waals surface area contributed by atoms with Crippen molar-refractivity contribution in [3.63, 3.8) is 0 Å². The molecule has 0 amide bonds. The van der Waals surface area contributed by atoms with E-state index in [2.05, 4.69) is 35.5 Å². The quantitative estimate of drug-likeness (QED) is 0.523. The molecule has 0 heterocycles. The fourth-order valence-electron chi connectivity index (χ4n) is 1.25. The number of hydrogen-bond donors (Lipinski definition) is 0. The predicted molar refractivity (Wildman–Crippen MR) is 66.6 cm³/mol. The maximum absolute atomic E-state index is 6.01. The smallest absolute Gasteiger partial charge is 0.0540 e. The summed E-state index contributed by atoms with van der Waals surface area (Å²) in [6.45, 7) is 2.58. The number of allylic oxidation sites excluding steroid dienone is 2. The Balaban J connectivity index is 2.37. The topological polar surface area (TPSA) is 9.23 Å². The van der Waals surface area contributed by atoms with Gasteiger partial charge in [-0.05, 0) is 36.7 Å². The van der Waals surface area contributed by atoms with Gasteiger partial charge in [0.15, 0.2) is 0 Å². The molecule has 1 aliphatic carbocycles. The first-order chi connectivity index (χ1) is 7.81. The molecule has 0 bridgehead atoms. The van der Waals surface area contributed by atoms with Crippen molar-refractivity contribution >= 4 is 11.6 Å². The number of ether oxygens (including phenoxy) is 1. The summed E-state index contributed by atoms with van der Waals surface area (Å²) in [6.07, 6.45) is 3.60. The lowest BCUT2D eigenvalue weighted by molar-refractivity contribution is 0.184. The van der Waals surface area contributed by atoms with Crippen LogP contribution < -0.4 is 0 Å². The van der Waals surface area contributed by atoms with Gasteiger partial charge in [-0.15, -0.1) is 11.6 Å². The molecule has 0 aromatic rings. The first-order valence-corrected chi connectivity index (χ1v) is 5.50. The molecule has 0 spiro atoms. The standard InChI is InChI=1S/C14H13ClO/c1-3-4-5-6-7-8-9-10-12-13(11-16-2)14(12)15/h3-4,12-14H,11H2,1-2H3/b4-3+/t12-,13-,14-/m1/s1. The molecular weight excluding hydrogens is 220 g/mol. The van der Waals surface area contributed by atoms with Gasteiger partial charge in [0.2, 0.25) is 0 Å². The van der Waals surface area contributed by atoms with Gasteiger partial charge >= 0.3 is 0 Å². The fourth-order valence-corrected chi connectivity index (χ4v) is 1.64. The lowest BCUT2D eigenvalue weighted by Crippen LogP contribution is -1.92. The van der Waals surface area contributed by atoms with Crippen LogP contribution in [-0.4, -0.2) is 19.1 Å². The Bertz CT molecular complexity index is 431. The van der Waals surface area contributed by atoms with Crippen LogP contribution in [0.1, 0.15) is 6.92 Å². The van der Waals surface area contributed by atoms with Crippen LogP contribution in [0.4, 0.5) is 0 Å². The fraction of sp³-hybridized carbons (Fsp3) is 0.429. The summed E-state index contributed by atoms with van der Waals surface area (Å²) >= 11 is 6.01. The normalized spacial score (nSPS) is 25.8. The first-order valence-electron chi connectivity index (χ1n) is 5.06. The van der Waals surface area contributed by atoms with Crippen molar-refractivity contribution < 1.29 is 4.74 Å². The third-order valence-electron chi connectivity index (χ3n) is 2.18. The highest BCUT2D eigenvalue weighted by atomic mass is 35.5. The van der Waals surface area contributed by atoms with Crippen molar-refractivity contribution in [2.45, 2.75) is 12.3 Å². The Labute approximate surface area is 102 Å². The second-order valence-corrected chi connectivity index (χ2v) is 3.88. The maximum atomic E-state index is 6.01. The number of hydrogen-bond acceptors (Lipinski definition) is 1. The first kappa shape index (κ1) is 12.7. The van der Waals surface area contributed by atoms with Crippen LogP contribution in [0.3, 0.4) is 0 Å². The lowest BCUT2D eigenvalue weighted by atomic mass is 10.3. The van der Waals surface area contributed by atoms with E-state index in [1.54, 1.807) is 13.2 Å². The van der Waals surface area contributed by atoms with E-state index in [9.17, 15) is 0 Å². The van der Waals surface area contributed by atoms with E-state index in [0.717, 1.165) is 0 Å².